The van der Waals surface area contributed by atoms with Crippen LogP contribution in [0.4, 0.5) is 0 Å². The molecule has 1 unspecified atom stereocenters. The molecule has 0 fully saturated rings. The Labute approximate surface area is 70.8 Å². The van der Waals surface area contributed by atoms with Crippen molar-refractivity contribution < 1.29 is 22.5 Å². The Morgan fingerprint density at radius 2 is 2.25 bits per heavy atom. The third kappa shape index (κ3) is 5.00. The van der Waals surface area contributed by atoms with Crippen molar-refractivity contribution in [1.82, 2.24) is 0 Å². The van der Waals surface area contributed by atoms with Gasteiger partial charge >= 0.3 is 0 Å². The van der Waals surface area contributed by atoms with Crippen LogP contribution in [0.25, 0.3) is 0 Å². The Balaban J connectivity index is 3.96. The normalized spacial score (nSPS) is 13.8. The van der Waals surface area contributed by atoms with E-state index in [1.165, 1.54) is 0 Å². The van der Waals surface area contributed by atoms with Gasteiger partial charge in [-0.05, 0) is 6.08 Å². The van der Waals surface area contributed by atoms with Gasteiger partial charge in [0.15, 0.2) is 5.78 Å². The molecule has 1 N–H and O–H groups in total. The van der Waals surface area contributed by atoms with E-state index >= 15 is 0 Å². The Bertz CT molecular complexity index is 266. The van der Waals surface area contributed by atoms with E-state index < -0.39 is 28.6 Å². The van der Waals surface area contributed by atoms with Crippen molar-refractivity contribution >= 4 is 15.9 Å². The fourth-order valence-electron chi connectivity index (χ4n) is 0.406. The van der Waals surface area contributed by atoms with Crippen LogP contribution in [0.1, 0.15) is 0 Å². The molecule has 0 aromatic heterocycles. The minimum atomic E-state index is -3.61. The summed E-state index contributed by atoms with van der Waals surface area (Å²) in [5.74, 6) is -0.668. The van der Waals surface area contributed by atoms with Crippen LogP contribution < -0.4 is 0 Å². The highest BCUT2D eigenvalue weighted by Crippen LogP contribution is 1.93. The van der Waals surface area contributed by atoms with Gasteiger partial charge in [0.05, 0.1) is 12.9 Å². The molecule has 0 aromatic carbocycles. The Kier molecular flexibility index (Phi) is 4.08. The summed E-state index contributed by atoms with van der Waals surface area (Å²) in [5.41, 5.74) is 0. The molecule has 0 aliphatic carbocycles. The highest BCUT2D eigenvalue weighted by atomic mass is 32.2. The number of aliphatic hydroxyl groups excluding tert-OH is 1. The molecule has 0 saturated carbocycles. The number of ketones is 1. The molecule has 0 bridgehead atoms. The van der Waals surface area contributed by atoms with Crippen molar-refractivity contribution in [2.24, 2.45) is 0 Å². The smallest absolute Gasteiger partial charge is 0.264 e. The minimum Gasteiger partial charge on any atom is -0.382 e. The van der Waals surface area contributed by atoms with Gasteiger partial charge in [-0.2, -0.15) is 8.42 Å². The minimum absolute atomic E-state index is 0.566. The average Bonchev–Trinajstić information content (AvgIpc) is 1.97. The predicted molar refractivity (Wildman–Crippen MR) is 42.0 cm³/mol. The zero-order chi connectivity index (χ0) is 9.78. The molecule has 5 nitrogen and oxygen atoms in total. The maximum Gasteiger partial charge on any atom is 0.264 e. The number of carbonyl (C=O) groups excluding carboxylic acids is 1. The van der Waals surface area contributed by atoms with Crippen molar-refractivity contribution in [1.29, 1.82) is 0 Å². The number of carbonyl (C=O) groups is 1. The molecule has 0 aliphatic rings. The molecule has 12 heavy (non-hydrogen) atoms. The summed E-state index contributed by atoms with van der Waals surface area (Å²) >= 11 is 0. The standard InChI is InChI=1S/C6H10O5S/c1-3-5(7)6(8)4-11-12(2,9)10/h3,6,8H,1,4H2,2H3. The van der Waals surface area contributed by atoms with E-state index in [0.29, 0.717) is 0 Å². The molecule has 70 valence electrons. The van der Waals surface area contributed by atoms with Crippen molar-refractivity contribution in [3.8, 4) is 0 Å². The van der Waals surface area contributed by atoms with Crippen molar-refractivity contribution in [3.63, 3.8) is 0 Å². The van der Waals surface area contributed by atoms with E-state index in [1.54, 1.807) is 0 Å². The highest BCUT2D eigenvalue weighted by Gasteiger charge is 2.14. The topological polar surface area (TPSA) is 80.7 Å². The fraction of sp³-hybridized carbons (Fsp3) is 0.500. The summed E-state index contributed by atoms with van der Waals surface area (Å²) in [6.07, 6.45) is 0.270. The van der Waals surface area contributed by atoms with Gasteiger partial charge in [0.2, 0.25) is 0 Å². The van der Waals surface area contributed by atoms with E-state index in [2.05, 4.69) is 10.8 Å². The second-order valence-corrected chi connectivity index (χ2v) is 3.75. The maximum atomic E-state index is 10.6. The first-order valence-electron chi connectivity index (χ1n) is 3.05. The van der Waals surface area contributed by atoms with Crippen molar-refractivity contribution in [2.45, 2.75) is 6.10 Å². The van der Waals surface area contributed by atoms with Gasteiger partial charge in [-0.25, -0.2) is 0 Å². The third-order valence-electron chi connectivity index (χ3n) is 0.970. The van der Waals surface area contributed by atoms with E-state index in [4.69, 9.17) is 5.11 Å². The molecular weight excluding hydrogens is 184 g/mol. The third-order valence-corrected chi connectivity index (χ3v) is 1.53. The summed E-state index contributed by atoms with van der Waals surface area (Å²) < 4.78 is 24.9. The maximum absolute atomic E-state index is 10.6. The van der Waals surface area contributed by atoms with Crippen LogP contribution in [-0.4, -0.2) is 38.3 Å². The highest BCUT2D eigenvalue weighted by molar-refractivity contribution is 7.85. The first kappa shape index (κ1) is 11.3. The molecule has 0 rings (SSSR count). The lowest BCUT2D eigenvalue weighted by molar-refractivity contribution is -0.123. The van der Waals surface area contributed by atoms with Gasteiger partial charge in [-0.1, -0.05) is 6.58 Å². The average molecular weight is 194 g/mol. The monoisotopic (exact) mass is 194 g/mol. The molecule has 0 amide bonds. The zero-order valence-corrected chi connectivity index (χ0v) is 7.37. The SMILES string of the molecule is C=CC(=O)C(O)COS(C)(=O)=O. The van der Waals surface area contributed by atoms with Crippen LogP contribution >= 0.6 is 0 Å². The second-order valence-electron chi connectivity index (χ2n) is 2.11. The molecular formula is C6H10O5S. The lowest BCUT2D eigenvalue weighted by Crippen LogP contribution is -2.25. The van der Waals surface area contributed by atoms with Crippen LogP contribution in [0.15, 0.2) is 12.7 Å². The Morgan fingerprint density at radius 1 is 1.75 bits per heavy atom. The number of hydrogen-bond donors (Lipinski definition) is 1. The van der Waals surface area contributed by atoms with Crippen LogP contribution in [0.5, 0.6) is 0 Å². The summed E-state index contributed by atoms with van der Waals surface area (Å²) in [6, 6.07) is 0. The zero-order valence-electron chi connectivity index (χ0n) is 6.56. The predicted octanol–water partition coefficient (Wildman–Crippen LogP) is -0.921. The molecule has 0 saturated heterocycles. The fourth-order valence-corrected chi connectivity index (χ4v) is 0.782. The van der Waals surface area contributed by atoms with E-state index in [-0.39, 0.29) is 0 Å². The van der Waals surface area contributed by atoms with E-state index in [9.17, 15) is 13.2 Å². The first-order chi connectivity index (χ1) is 5.37. The van der Waals surface area contributed by atoms with Crippen LogP contribution in [0.3, 0.4) is 0 Å². The lowest BCUT2D eigenvalue weighted by atomic mass is 10.2. The molecule has 0 spiro atoms. The van der Waals surface area contributed by atoms with E-state index in [1.807, 2.05) is 0 Å². The Morgan fingerprint density at radius 3 is 2.58 bits per heavy atom. The lowest BCUT2D eigenvalue weighted by Gasteiger charge is -2.05. The summed E-state index contributed by atoms with van der Waals surface area (Å²) in [4.78, 5) is 10.6. The number of hydrogen-bond acceptors (Lipinski definition) is 5. The molecule has 1 atom stereocenters. The first-order valence-corrected chi connectivity index (χ1v) is 4.87. The van der Waals surface area contributed by atoms with Crippen LogP contribution in [0, 0.1) is 0 Å². The largest absolute Gasteiger partial charge is 0.382 e. The van der Waals surface area contributed by atoms with E-state index in [0.717, 1.165) is 12.3 Å². The van der Waals surface area contributed by atoms with Crippen LogP contribution in [0.2, 0.25) is 0 Å². The van der Waals surface area contributed by atoms with Gasteiger partial charge in [-0.15, -0.1) is 0 Å². The molecule has 6 heteroatoms. The van der Waals surface area contributed by atoms with Crippen molar-refractivity contribution in [2.75, 3.05) is 12.9 Å². The Hall–Kier alpha value is -0.720. The van der Waals surface area contributed by atoms with Gasteiger partial charge in [0, 0.05) is 0 Å². The van der Waals surface area contributed by atoms with Gasteiger partial charge in [0.1, 0.15) is 6.10 Å². The quantitative estimate of drug-likeness (QED) is 0.452. The van der Waals surface area contributed by atoms with Crippen molar-refractivity contribution in [3.05, 3.63) is 12.7 Å². The molecule has 0 radical (unpaired) electrons. The van der Waals surface area contributed by atoms with Gasteiger partial charge in [0.25, 0.3) is 10.1 Å². The number of aliphatic hydroxyl groups is 1. The van der Waals surface area contributed by atoms with Gasteiger partial charge < -0.3 is 5.11 Å². The summed E-state index contributed by atoms with van der Waals surface area (Å²) in [5, 5.41) is 8.87. The molecule has 0 aliphatic heterocycles. The van der Waals surface area contributed by atoms with Gasteiger partial charge in [-0.3, -0.25) is 8.98 Å². The summed E-state index contributed by atoms with van der Waals surface area (Å²) in [6.45, 7) is 2.55. The summed E-state index contributed by atoms with van der Waals surface area (Å²) in [7, 11) is -3.61. The number of rotatable bonds is 5. The molecule has 0 aromatic rings. The molecule has 0 heterocycles. The van der Waals surface area contributed by atoms with Crippen LogP contribution in [-0.2, 0) is 19.1 Å². The second kappa shape index (κ2) is 4.34.